The highest BCUT2D eigenvalue weighted by Gasteiger charge is 2.14. The minimum absolute atomic E-state index is 0. The van der Waals surface area contributed by atoms with Crippen molar-refractivity contribution in [2.75, 3.05) is 25.6 Å². The highest BCUT2D eigenvalue weighted by atomic mass is 127. The molecule has 1 aliphatic rings. The molecule has 7 heteroatoms. The van der Waals surface area contributed by atoms with Gasteiger partial charge in [-0.1, -0.05) is 19.3 Å². The first kappa shape index (κ1) is 18.9. The first-order valence-electron chi connectivity index (χ1n) is 6.66. The highest BCUT2D eigenvalue weighted by molar-refractivity contribution is 14.0. The first-order valence-corrected chi connectivity index (χ1v) is 8.72. The number of guanidine groups is 1. The monoisotopic (exact) mass is 403 g/mol. The number of hydrogen-bond acceptors (Lipinski definition) is 3. The standard InChI is InChI=1S/C12H25N3O2S.HI/c1-13-12(14-9-6-10-18(2,16)17)15-11-7-4-3-5-8-11;/h11H,3-10H2,1-2H3,(H2,13,14,15);1H. The van der Waals surface area contributed by atoms with Crippen molar-refractivity contribution in [3.63, 3.8) is 0 Å². The Morgan fingerprint density at radius 3 is 2.42 bits per heavy atom. The summed E-state index contributed by atoms with van der Waals surface area (Å²) in [5.41, 5.74) is 0. The van der Waals surface area contributed by atoms with E-state index in [4.69, 9.17) is 0 Å². The van der Waals surface area contributed by atoms with E-state index in [0.29, 0.717) is 19.0 Å². The maximum atomic E-state index is 11.0. The zero-order valence-corrected chi connectivity index (χ0v) is 15.0. The fraction of sp³-hybridized carbons (Fsp3) is 0.917. The molecule has 0 saturated heterocycles. The van der Waals surface area contributed by atoms with Gasteiger partial charge in [0.05, 0.1) is 5.75 Å². The van der Waals surface area contributed by atoms with Crippen LogP contribution in [0.1, 0.15) is 38.5 Å². The Labute approximate surface area is 134 Å². The summed E-state index contributed by atoms with van der Waals surface area (Å²) < 4.78 is 22.0. The van der Waals surface area contributed by atoms with Gasteiger partial charge in [0.15, 0.2) is 5.96 Å². The van der Waals surface area contributed by atoms with Gasteiger partial charge in [0.1, 0.15) is 9.84 Å². The summed E-state index contributed by atoms with van der Waals surface area (Å²) in [7, 11) is -1.11. The van der Waals surface area contributed by atoms with Crippen LogP contribution in [0.15, 0.2) is 4.99 Å². The third-order valence-electron chi connectivity index (χ3n) is 3.15. The second-order valence-corrected chi connectivity index (χ2v) is 7.22. The molecule has 0 aromatic rings. The van der Waals surface area contributed by atoms with E-state index >= 15 is 0 Å². The minimum Gasteiger partial charge on any atom is -0.356 e. The Kier molecular flexibility index (Phi) is 9.77. The maximum absolute atomic E-state index is 11.0. The van der Waals surface area contributed by atoms with Gasteiger partial charge in [-0.15, -0.1) is 24.0 Å². The van der Waals surface area contributed by atoms with Crippen molar-refractivity contribution in [1.82, 2.24) is 10.6 Å². The number of rotatable bonds is 5. The van der Waals surface area contributed by atoms with Gasteiger partial charge < -0.3 is 10.6 Å². The van der Waals surface area contributed by atoms with Gasteiger partial charge in [-0.05, 0) is 19.3 Å². The van der Waals surface area contributed by atoms with Gasteiger partial charge in [-0.3, -0.25) is 4.99 Å². The van der Waals surface area contributed by atoms with Crippen LogP contribution in [-0.4, -0.2) is 46.0 Å². The van der Waals surface area contributed by atoms with E-state index in [9.17, 15) is 8.42 Å². The second kappa shape index (κ2) is 9.79. The van der Waals surface area contributed by atoms with Crippen molar-refractivity contribution in [1.29, 1.82) is 0 Å². The Bertz CT molecular complexity index is 365. The molecule has 1 saturated carbocycles. The molecule has 0 atom stereocenters. The molecular weight excluding hydrogens is 377 g/mol. The SMILES string of the molecule is CN=C(NCCCS(C)(=O)=O)NC1CCCCC1.I. The summed E-state index contributed by atoms with van der Waals surface area (Å²) in [6.45, 7) is 0.638. The fourth-order valence-electron chi connectivity index (χ4n) is 2.18. The number of aliphatic imine (C=N–C) groups is 1. The van der Waals surface area contributed by atoms with Gasteiger partial charge in [-0.25, -0.2) is 8.42 Å². The van der Waals surface area contributed by atoms with Crippen molar-refractivity contribution in [3.8, 4) is 0 Å². The van der Waals surface area contributed by atoms with E-state index in [1.807, 2.05) is 0 Å². The fourth-order valence-corrected chi connectivity index (χ4v) is 2.84. The highest BCUT2D eigenvalue weighted by Crippen LogP contribution is 2.17. The van der Waals surface area contributed by atoms with Crippen LogP contribution in [0.5, 0.6) is 0 Å². The number of nitrogens with one attached hydrogen (secondary N) is 2. The summed E-state index contributed by atoms with van der Waals surface area (Å²) in [4.78, 5) is 4.16. The van der Waals surface area contributed by atoms with E-state index in [0.717, 1.165) is 5.96 Å². The van der Waals surface area contributed by atoms with Gasteiger partial charge in [-0.2, -0.15) is 0 Å². The van der Waals surface area contributed by atoms with Crippen LogP contribution in [0.25, 0.3) is 0 Å². The lowest BCUT2D eigenvalue weighted by molar-refractivity contribution is 0.410. The summed E-state index contributed by atoms with van der Waals surface area (Å²) in [6.07, 6.45) is 8.17. The zero-order chi connectivity index (χ0) is 13.4. The molecule has 1 rings (SSSR count). The third kappa shape index (κ3) is 9.48. The van der Waals surface area contributed by atoms with E-state index in [1.54, 1.807) is 7.05 Å². The molecule has 0 radical (unpaired) electrons. The Hall–Kier alpha value is -0.0500. The zero-order valence-electron chi connectivity index (χ0n) is 11.8. The molecule has 1 fully saturated rings. The average molecular weight is 403 g/mol. The molecule has 0 aromatic carbocycles. The molecule has 0 aliphatic heterocycles. The van der Waals surface area contributed by atoms with Crippen LogP contribution in [0.4, 0.5) is 0 Å². The summed E-state index contributed by atoms with van der Waals surface area (Å²) in [5, 5.41) is 6.56. The first-order chi connectivity index (χ1) is 8.51. The van der Waals surface area contributed by atoms with Crippen LogP contribution in [-0.2, 0) is 9.84 Å². The predicted octanol–water partition coefficient (Wildman–Crippen LogP) is 1.54. The van der Waals surface area contributed by atoms with E-state index in [1.165, 1.54) is 38.4 Å². The van der Waals surface area contributed by atoms with Gasteiger partial charge in [0, 0.05) is 25.9 Å². The molecule has 5 nitrogen and oxygen atoms in total. The molecule has 19 heavy (non-hydrogen) atoms. The molecule has 0 spiro atoms. The van der Waals surface area contributed by atoms with E-state index < -0.39 is 9.84 Å². The van der Waals surface area contributed by atoms with E-state index in [2.05, 4.69) is 15.6 Å². The molecular formula is C12H26IN3O2S. The van der Waals surface area contributed by atoms with Crippen LogP contribution in [0.2, 0.25) is 0 Å². The number of halogens is 1. The average Bonchev–Trinajstić information content (AvgIpc) is 2.33. The van der Waals surface area contributed by atoms with Gasteiger partial charge in [0.2, 0.25) is 0 Å². The minimum atomic E-state index is -2.86. The molecule has 0 unspecified atom stereocenters. The van der Waals surface area contributed by atoms with Crippen LogP contribution >= 0.6 is 24.0 Å². The molecule has 0 bridgehead atoms. The van der Waals surface area contributed by atoms with Gasteiger partial charge >= 0.3 is 0 Å². The van der Waals surface area contributed by atoms with Crippen LogP contribution in [0, 0.1) is 0 Å². The summed E-state index contributed by atoms with van der Waals surface area (Å²) in [6, 6.07) is 0.514. The smallest absolute Gasteiger partial charge is 0.191 e. The molecule has 0 heterocycles. The Morgan fingerprint density at radius 2 is 1.89 bits per heavy atom. The lowest BCUT2D eigenvalue weighted by atomic mass is 9.96. The topological polar surface area (TPSA) is 70.6 Å². The third-order valence-corrected chi connectivity index (χ3v) is 4.18. The lowest BCUT2D eigenvalue weighted by Crippen LogP contribution is -2.44. The van der Waals surface area contributed by atoms with Crippen molar-refractivity contribution in [3.05, 3.63) is 0 Å². The normalized spacial score (nSPS) is 17.7. The van der Waals surface area contributed by atoms with Crippen molar-refractivity contribution < 1.29 is 8.42 Å². The van der Waals surface area contributed by atoms with Crippen molar-refractivity contribution in [2.45, 2.75) is 44.6 Å². The van der Waals surface area contributed by atoms with Crippen LogP contribution < -0.4 is 10.6 Å². The lowest BCUT2D eigenvalue weighted by Gasteiger charge is -2.24. The van der Waals surface area contributed by atoms with Gasteiger partial charge in [0.25, 0.3) is 0 Å². The number of sulfone groups is 1. The number of nitrogens with zero attached hydrogens (tertiary/aromatic N) is 1. The summed E-state index contributed by atoms with van der Waals surface area (Å²) >= 11 is 0. The summed E-state index contributed by atoms with van der Waals surface area (Å²) in [5.74, 6) is 1.01. The second-order valence-electron chi connectivity index (χ2n) is 4.96. The molecule has 114 valence electrons. The van der Waals surface area contributed by atoms with Crippen LogP contribution in [0.3, 0.4) is 0 Å². The molecule has 0 amide bonds. The van der Waals surface area contributed by atoms with E-state index in [-0.39, 0.29) is 29.7 Å². The molecule has 2 N–H and O–H groups in total. The molecule has 1 aliphatic carbocycles. The largest absolute Gasteiger partial charge is 0.356 e. The van der Waals surface area contributed by atoms with Crippen molar-refractivity contribution in [2.24, 2.45) is 4.99 Å². The predicted molar refractivity (Wildman–Crippen MR) is 91.1 cm³/mol. The maximum Gasteiger partial charge on any atom is 0.191 e. The number of hydrogen-bond donors (Lipinski definition) is 2. The quantitative estimate of drug-likeness (QED) is 0.316. The van der Waals surface area contributed by atoms with Crippen molar-refractivity contribution >= 4 is 39.8 Å². The molecule has 0 aromatic heterocycles. The Balaban J connectivity index is 0.00000324. The Morgan fingerprint density at radius 1 is 1.26 bits per heavy atom.